The molecular weight excluding hydrogens is 452 g/mol. The lowest BCUT2D eigenvalue weighted by atomic mass is 9.96. The van der Waals surface area contributed by atoms with Crippen LogP contribution < -0.4 is 0 Å². The summed E-state index contributed by atoms with van der Waals surface area (Å²) in [5.41, 5.74) is 0.485. The Morgan fingerprint density at radius 3 is 2.24 bits per heavy atom. The number of carbonyl (C=O) groups is 2. The second-order valence-electron chi connectivity index (χ2n) is 10.1. The van der Waals surface area contributed by atoms with Crippen LogP contribution in [-0.2, 0) is 21.4 Å². The third-order valence-electron chi connectivity index (χ3n) is 7.46. The van der Waals surface area contributed by atoms with Gasteiger partial charge in [-0.05, 0) is 69.2 Å². The van der Waals surface area contributed by atoms with E-state index in [0.29, 0.717) is 49.9 Å². The Hall–Kier alpha value is -2.45. The molecule has 5 rings (SSSR count). The van der Waals surface area contributed by atoms with Crippen molar-refractivity contribution < 1.29 is 22.4 Å². The van der Waals surface area contributed by atoms with Crippen molar-refractivity contribution in [1.82, 2.24) is 9.21 Å². The number of benzene rings is 1. The standard InChI is InChI=1S/C26H32N2O5S/c1-17-15-24(17)25-10-7-22(33-25)16-28(21-5-6-21)26(30)20-11-13-27(14-12-20)34(31,32)23-8-3-19(4-9-23)18(2)29/h3-4,7-10,17,20-21,24H,5-6,11-16H2,1-2H3. The first-order valence-electron chi connectivity index (χ1n) is 12.2. The molecule has 7 nitrogen and oxygen atoms in total. The van der Waals surface area contributed by atoms with Crippen LogP contribution in [0.4, 0.5) is 0 Å². The summed E-state index contributed by atoms with van der Waals surface area (Å²) < 4.78 is 33.6. The lowest BCUT2D eigenvalue weighted by Crippen LogP contribution is -2.44. The van der Waals surface area contributed by atoms with Crippen LogP contribution in [0.2, 0.25) is 0 Å². The second kappa shape index (κ2) is 8.96. The molecule has 8 heteroatoms. The van der Waals surface area contributed by atoms with Crippen LogP contribution in [0, 0.1) is 11.8 Å². The Balaban J connectivity index is 1.21. The lowest BCUT2D eigenvalue weighted by molar-refractivity contribution is -0.138. The quantitative estimate of drug-likeness (QED) is 0.524. The number of Topliss-reactive ketones (excluding diaryl/α,β-unsaturated/α-hetero) is 1. The summed E-state index contributed by atoms with van der Waals surface area (Å²) in [6, 6.07) is 10.4. The molecule has 0 bridgehead atoms. The SMILES string of the molecule is CC(=O)c1ccc(S(=O)(=O)N2CCC(C(=O)N(Cc3ccc(C4CC4C)o3)C3CC3)CC2)cc1. The van der Waals surface area contributed by atoms with Crippen LogP contribution in [0.3, 0.4) is 0 Å². The number of nitrogens with zero attached hydrogens (tertiary/aromatic N) is 2. The van der Waals surface area contributed by atoms with E-state index in [9.17, 15) is 18.0 Å². The van der Waals surface area contributed by atoms with Gasteiger partial charge in [0.15, 0.2) is 5.78 Å². The summed E-state index contributed by atoms with van der Waals surface area (Å²) in [5.74, 6) is 2.89. The molecule has 0 spiro atoms. The van der Waals surface area contributed by atoms with E-state index in [4.69, 9.17) is 4.42 Å². The van der Waals surface area contributed by atoms with Gasteiger partial charge < -0.3 is 9.32 Å². The van der Waals surface area contributed by atoms with Crippen molar-refractivity contribution in [3.63, 3.8) is 0 Å². The summed E-state index contributed by atoms with van der Waals surface area (Å²) in [7, 11) is -3.65. The van der Waals surface area contributed by atoms with Gasteiger partial charge in [0.2, 0.25) is 15.9 Å². The fraction of sp³-hybridized carbons (Fsp3) is 0.538. The molecule has 3 aliphatic rings. The minimum absolute atomic E-state index is 0.101. The number of sulfonamides is 1. The summed E-state index contributed by atoms with van der Waals surface area (Å²) in [6.07, 6.45) is 4.22. The monoisotopic (exact) mass is 484 g/mol. The minimum atomic E-state index is -3.65. The third-order valence-corrected chi connectivity index (χ3v) is 9.37. The van der Waals surface area contributed by atoms with Crippen molar-refractivity contribution in [2.24, 2.45) is 11.8 Å². The zero-order valence-corrected chi connectivity index (χ0v) is 20.6. The zero-order valence-electron chi connectivity index (χ0n) is 19.8. The number of piperidine rings is 1. The molecule has 2 aromatic rings. The average Bonchev–Trinajstić information content (AvgIpc) is 3.76. The molecule has 34 heavy (non-hydrogen) atoms. The Labute approximate surface area is 201 Å². The molecule has 2 atom stereocenters. The molecule has 0 N–H and O–H groups in total. The second-order valence-corrected chi connectivity index (χ2v) is 12.0. The smallest absolute Gasteiger partial charge is 0.243 e. The first-order valence-corrected chi connectivity index (χ1v) is 13.7. The average molecular weight is 485 g/mol. The van der Waals surface area contributed by atoms with E-state index in [2.05, 4.69) is 6.92 Å². The molecule has 2 saturated carbocycles. The van der Waals surface area contributed by atoms with Gasteiger partial charge in [0.1, 0.15) is 11.5 Å². The molecule has 2 heterocycles. The molecule has 0 radical (unpaired) electrons. The Morgan fingerprint density at radius 2 is 1.68 bits per heavy atom. The third kappa shape index (κ3) is 4.70. The van der Waals surface area contributed by atoms with E-state index in [0.717, 1.165) is 24.4 Å². The molecule has 182 valence electrons. The van der Waals surface area contributed by atoms with Crippen LogP contribution in [0.25, 0.3) is 0 Å². The first kappa shape index (κ1) is 23.3. The molecule has 1 aliphatic heterocycles. The van der Waals surface area contributed by atoms with Gasteiger partial charge in [0, 0.05) is 36.5 Å². The predicted molar refractivity (Wildman–Crippen MR) is 127 cm³/mol. The number of hydrogen-bond acceptors (Lipinski definition) is 5. The number of ketones is 1. The van der Waals surface area contributed by atoms with E-state index >= 15 is 0 Å². The summed E-state index contributed by atoms with van der Waals surface area (Å²) in [5, 5.41) is 0. The highest BCUT2D eigenvalue weighted by Gasteiger charge is 2.40. The summed E-state index contributed by atoms with van der Waals surface area (Å²) in [6.45, 7) is 4.80. The minimum Gasteiger partial charge on any atom is -0.464 e. The van der Waals surface area contributed by atoms with Gasteiger partial charge >= 0.3 is 0 Å². The van der Waals surface area contributed by atoms with E-state index < -0.39 is 10.0 Å². The number of furan rings is 1. The van der Waals surface area contributed by atoms with Crippen LogP contribution in [0.15, 0.2) is 45.7 Å². The number of rotatable bonds is 8. The number of carbonyl (C=O) groups excluding carboxylic acids is 2. The summed E-state index contributed by atoms with van der Waals surface area (Å²) in [4.78, 5) is 27.0. The van der Waals surface area contributed by atoms with Crippen LogP contribution in [0.5, 0.6) is 0 Å². The van der Waals surface area contributed by atoms with E-state index in [1.165, 1.54) is 29.8 Å². The van der Waals surface area contributed by atoms with Crippen molar-refractivity contribution in [2.45, 2.75) is 69.4 Å². The van der Waals surface area contributed by atoms with Crippen molar-refractivity contribution >= 4 is 21.7 Å². The van der Waals surface area contributed by atoms with Crippen LogP contribution in [-0.4, -0.2) is 48.4 Å². The highest BCUT2D eigenvalue weighted by atomic mass is 32.2. The topological polar surface area (TPSA) is 87.9 Å². The molecule has 1 aromatic carbocycles. The lowest BCUT2D eigenvalue weighted by Gasteiger charge is -2.33. The van der Waals surface area contributed by atoms with Crippen molar-refractivity contribution in [2.75, 3.05) is 13.1 Å². The van der Waals surface area contributed by atoms with Crippen LogP contribution in [0.1, 0.15) is 73.7 Å². The fourth-order valence-electron chi connectivity index (χ4n) is 4.93. The molecule has 1 amide bonds. The first-order chi connectivity index (χ1) is 16.2. The number of amides is 1. The maximum absolute atomic E-state index is 13.4. The molecule has 2 aliphatic carbocycles. The van der Waals surface area contributed by atoms with Gasteiger partial charge in [-0.2, -0.15) is 4.31 Å². The van der Waals surface area contributed by atoms with Crippen molar-refractivity contribution in [1.29, 1.82) is 0 Å². The normalized spacial score (nSPS) is 23.6. The molecule has 2 unspecified atom stereocenters. The van der Waals surface area contributed by atoms with Gasteiger partial charge in [-0.3, -0.25) is 9.59 Å². The van der Waals surface area contributed by atoms with Gasteiger partial charge in [-0.15, -0.1) is 0 Å². The molecule has 3 fully saturated rings. The number of hydrogen-bond donors (Lipinski definition) is 0. The Morgan fingerprint density at radius 1 is 1.03 bits per heavy atom. The van der Waals surface area contributed by atoms with Crippen molar-refractivity contribution in [3.8, 4) is 0 Å². The van der Waals surface area contributed by atoms with Gasteiger partial charge in [-0.25, -0.2) is 8.42 Å². The largest absolute Gasteiger partial charge is 0.464 e. The zero-order chi connectivity index (χ0) is 24.0. The Bertz CT molecular complexity index is 1170. The molecule has 1 aromatic heterocycles. The summed E-state index contributed by atoms with van der Waals surface area (Å²) >= 11 is 0. The maximum Gasteiger partial charge on any atom is 0.243 e. The van der Waals surface area contributed by atoms with E-state index in [1.54, 1.807) is 12.1 Å². The predicted octanol–water partition coefficient (Wildman–Crippen LogP) is 4.20. The highest BCUT2D eigenvalue weighted by Crippen LogP contribution is 2.47. The van der Waals surface area contributed by atoms with Crippen LogP contribution >= 0.6 is 0 Å². The van der Waals surface area contributed by atoms with Crippen molar-refractivity contribution in [3.05, 3.63) is 53.5 Å². The van der Waals surface area contributed by atoms with Gasteiger partial charge in [0.05, 0.1) is 11.4 Å². The maximum atomic E-state index is 13.4. The van der Waals surface area contributed by atoms with Gasteiger partial charge in [-0.1, -0.05) is 19.1 Å². The fourth-order valence-corrected chi connectivity index (χ4v) is 6.40. The molecular formula is C26H32N2O5S. The van der Waals surface area contributed by atoms with E-state index in [1.807, 2.05) is 17.0 Å². The molecule has 1 saturated heterocycles. The van der Waals surface area contributed by atoms with Gasteiger partial charge in [0.25, 0.3) is 0 Å². The van der Waals surface area contributed by atoms with E-state index in [-0.39, 0.29) is 28.5 Å². The highest BCUT2D eigenvalue weighted by molar-refractivity contribution is 7.89. The Kier molecular flexibility index (Phi) is 6.14.